The number of rotatable bonds is 4. The first-order valence-electron chi connectivity index (χ1n) is 20.4. The van der Waals surface area contributed by atoms with Crippen molar-refractivity contribution in [2.45, 2.75) is 78.2 Å². The molecule has 0 unspecified atom stereocenters. The molecule has 0 bridgehead atoms. The molecule has 0 aromatic heterocycles. The van der Waals surface area contributed by atoms with Crippen molar-refractivity contribution in [2.24, 2.45) is 5.41 Å². The van der Waals surface area contributed by atoms with Crippen molar-refractivity contribution in [3.8, 4) is 22.3 Å². The van der Waals surface area contributed by atoms with Crippen LogP contribution in [0.2, 0.25) is 0 Å². The van der Waals surface area contributed by atoms with Crippen molar-refractivity contribution in [3.05, 3.63) is 166 Å². The highest BCUT2D eigenvalue weighted by Crippen LogP contribution is 2.51. The Bertz CT molecular complexity index is 2430. The lowest BCUT2D eigenvalue weighted by atomic mass is 9.81. The third-order valence-corrected chi connectivity index (χ3v) is 12.8. The van der Waals surface area contributed by atoms with E-state index in [-0.39, 0.29) is 11.0 Å². The smallest absolute Gasteiger partial charge is 0.0580 e. The molecular weight excluding hydrogens is 665 g/mol. The first-order valence-corrected chi connectivity index (χ1v) is 20.4. The monoisotopic (exact) mass is 718 g/mol. The lowest BCUT2D eigenvalue weighted by Crippen LogP contribution is -2.40. The molecule has 2 aliphatic carbocycles. The quantitative estimate of drug-likeness (QED) is 0.171. The Balaban J connectivity index is 0.946. The van der Waals surface area contributed by atoms with Gasteiger partial charge in [-0.3, -0.25) is 0 Å². The van der Waals surface area contributed by atoms with Crippen LogP contribution in [-0.4, -0.2) is 18.6 Å². The van der Waals surface area contributed by atoms with E-state index in [0.29, 0.717) is 5.41 Å². The Morgan fingerprint density at radius 2 is 1.24 bits per heavy atom. The molecular formula is C53H54N2. The summed E-state index contributed by atoms with van der Waals surface area (Å²) in [5.41, 5.74) is 18.9. The van der Waals surface area contributed by atoms with Crippen LogP contribution in [0, 0.1) is 5.41 Å². The van der Waals surface area contributed by atoms with Gasteiger partial charge in [0, 0.05) is 35.6 Å². The standard InChI is InChI=1S/C53H54N2/c1-51(2)28-11-7-8-12-31-54(32-30-51)42-21-25-45-41(35-42)20-19-40-33-37(17-23-44(40)45)15-16-38-18-24-46-47-26-22-43(36-49(47)53(5,6)48(46)34-38)55-50-14-10-9-13-39(50)27-29-52(55,3)4/h7-18,21-27,29,33-36H,19-20,28,30-32H2,1-6H3/b11-7-,12-8-,16-15+. The molecule has 5 aromatic carbocycles. The minimum Gasteiger partial charge on any atom is -0.368 e. The highest BCUT2D eigenvalue weighted by molar-refractivity contribution is 5.87. The zero-order chi connectivity index (χ0) is 38.0. The van der Waals surface area contributed by atoms with Crippen molar-refractivity contribution in [1.29, 1.82) is 0 Å². The zero-order valence-corrected chi connectivity index (χ0v) is 33.5. The second-order valence-electron chi connectivity index (χ2n) is 18.1. The van der Waals surface area contributed by atoms with E-state index in [1.807, 2.05) is 0 Å². The molecule has 0 N–H and O–H groups in total. The number of hydrogen-bond acceptors (Lipinski definition) is 2. The second-order valence-corrected chi connectivity index (χ2v) is 18.1. The molecule has 55 heavy (non-hydrogen) atoms. The van der Waals surface area contributed by atoms with E-state index in [9.17, 15) is 0 Å². The third kappa shape index (κ3) is 6.50. The summed E-state index contributed by atoms with van der Waals surface area (Å²) >= 11 is 0. The van der Waals surface area contributed by atoms with E-state index in [1.165, 1.54) is 84.7 Å². The summed E-state index contributed by atoms with van der Waals surface area (Å²) < 4.78 is 0. The molecule has 0 saturated heterocycles. The van der Waals surface area contributed by atoms with Gasteiger partial charge >= 0.3 is 0 Å². The Kier molecular flexibility index (Phi) is 8.65. The topological polar surface area (TPSA) is 6.48 Å². The molecule has 0 spiro atoms. The van der Waals surface area contributed by atoms with Gasteiger partial charge < -0.3 is 9.80 Å². The van der Waals surface area contributed by atoms with Crippen LogP contribution in [0.4, 0.5) is 17.1 Å². The fourth-order valence-corrected chi connectivity index (χ4v) is 9.46. The molecule has 0 saturated carbocycles. The molecule has 2 heteroatoms. The van der Waals surface area contributed by atoms with Crippen LogP contribution in [0.15, 0.2) is 127 Å². The predicted molar refractivity (Wildman–Crippen MR) is 237 cm³/mol. The first kappa shape index (κ1) is 35.4. The fourth-order valence-electron chi connectivity index (χ4n) is 9.46. The lowest BCUT2D eigenvalue weighted by molar-refractivity contribution is 0.342. The van der Waals surface area contributed by atoms with Gasteiger partial charge in [-0.25, -0.2) is 0 Å². The van der Waals surface area contributed by atoms with E-state index in [2.05, 4.69) is 197 Å². The maximum absolute atomic E-state index is 2.56. The lowest BCUT2D eigenvalue weighted by Gasteiger charge is -2.42. The van der Waals surface area contributed by atoms with E-state index >= 15 is 0 Å². The van der Waals surface area contributed by atoms with Gasteiger partial charge in [0.2, 0.25) is 0 Å². The SMILES string of the molecule is CC1(C)C/C=C\C=C/CN(c2ccc3c(c2)CCc2cc(/C=C/c4ccc5c(c4)C(C)(C)c4cc(N6c7ccccc7C=CC6(C)C)ccc4-5)ccc2-3)CC1. The number of anilines is 3. The maximum atomic E-state index is 2.56. The van der Waals surface area contributed by atoms with Gasteiger partial charge in [0.25, 0.3) is 0 Å². The number of fused-ring (bicyclic) bond motifs is 7. The van der Waals surface area contributed by atoms with Crippen molar-refractivity contribution >= 4 is 35.3 Å². The van der Waals surface area contributed by atoms with Crippen molar-refractivity contribution in [1.82, 2.24) is 0 Å². The molecule has 276 valence electrons. The summed E-state index contributed by atoms with van der Waals surface area (Å²) in [6.45, 7) is 16.2. The molecule has 2 heterocycles. The minimum atomic E-state index is -0.126. The van der Waals surface area contributed by atoms with Crippen LogP contribution >= 0.6 is 0 Å². The number of para-hydroxylation sites is 1. The molecule has 0 fully saturated rings. The van der Waals surface area contributed by atoms with Gasteiger partial charge in [0.1, 0.15) is 0 Å². The molecule has 2 aliphatic heterocycles. The number of nitrogens with zero attached hydrogens (tertiary/aromatic N) is 2. The number of benzene rings is 5. The van der Waals surface area contributed by atoms with E-state index in [4.69, 9.17) is 0 Å². The molecule has 9 rings (SSSR count). The largest absolute Gasteiger partial charge is 0.368 e. The fraction of sp³-hybridized carbons (Fsp3) is 0.283. The first-order chi connectivity index (χ1) is 26.5. The van der Waals surface area contributed by atoms with Crippen LogP contribution in [0.25, 0.3) is 40.5 Å². The van der Waals surface area contributed by atoms with E-state index in [0.717, 1.165) is 32.4 Å². The Hall–Kier alpha value is -5.34. The second kappa shape index (κ2) is 13.4. The maximum Gasteiger partial charge on any atom is 0.0580 e. The molecule has 5 aromatic rings. The highest BCUT2D eigenvalue weighted by atomic mass is 15.2. The summed E-state index contributed by atoms with van der Waals surface area (Å²) in [6, 6.07) is 37.2. The summed E-state index contributed by atoms with van der Waals surface area (Å²) in [7, 11) is 0. The van der Waals surface area contributed by atoms with Gasteiger partial charge in [-0.2, -0.15) is 0 Å². The molecule has 2 nitrogen and oxygen atoms in total. The van der Waals surface area contributed by atoms with Gasteiger partial charge in [-0.15, -0.1) is 0 Å². The predicted octanol–water partition coefficient (Wildman–Crippen LogP) is 13.6. The molecule has 0 atom stereocenters. The minimum absolute atomic E-state index is 0.102. The van der Waals surface area contributed by atoms with Gasteiger partial charge in [0.15, 0.2) is 0 Å². The number of hydrogen-bond donors (Lipinski definition) is 0. The van der Waals surface area contributed by atoms with Gasteiger partial charge in [0.05, 0.1) is 5.54 Å². The average molecular weight is 719 g/mol. The van der Waals surface area contributed by atoms with E-state index in [1.54, 1.807) is 0 Å². The average Bonchev–Trinajstić information content (AvgIpc) is 3.40. The Morgan fingerprint density at radius 3 is 2.04 bits per heavy atom. The van der Waals surface area contributed by atoms with Crippen molar-refractivity contribution < 1.29 is 0 Å². The molecule has 0 amide bonds. The van der Waals surface area contributed by atoms with Crippen LogP contribution in [0.3, 0.4) is 0 Å². The van der Waals surface area contributed by atoms with Gasteiger partial charge in [-0.05, 0) is 136 Å². The van der Waals surface area contributed by atoms with Crippen molar-refractivity contribution in [3.63, 3.8) is 0 Å². The van der Waals surface area contributed by atoms with Crippen LogP contribution in [0.1, 0.15) is 93.3 Å². The summed E-state index contributed by atoms with van der Waals surface area (Å²) in [5.74, 6) is 0. The number of allylic oxidation sites excluding steroid dienone is 3. The highest BCUT2D eigenvalue weighted by Gasteiger charge is 2.38. The normalized spacial score (nSPS) is 19.9. The van der Waals surface area contributed by atoms with Gasteiger partial charge in [-0.1, -0.05) is 143 Å². The van der Waals surface area contributed by atoms with Crippen LogP contribution in [0.5, 0.6) is 0 Å². The summed E-state index contributed by atoms with van der Waals surface area (Å²) in [6.07, 6.45) is 22.7. The summed E-state index contributed by atoms with van der Waals surface area (Å²) in [5, 5.41) is 0. The van der Waals surface area contributed by atoms with Crippen LogP contribution < -0.4 is 9.80 Å². The Morgan fingerprint density at radius 1 is 0.600 bits per heavy atom. The third-order valence-electron chi connectivity index (χ3n) is 12.8. The Labute approximate surface area is 329 Å². The van der Waals surface area contributed by atoms with Crippen molar-refractivity contribution in [2.75, 3.05) is 22.9 Å². The summed E-state index contributed by atoms with van der Waals surface area (Å²) in [4.78, 5) is 5.06. The molecule has 4 aliphatic rings. The number of aryl methyl sites for hydroxylation is 2. The molecule has 0 radical (unpaired) electrons. The van der Waals surface area contributed by atoms with E-state index < -0.39 is 0 Å². The van der Waals surface area contributed by atoms with Crippen LogP contribution in [-0.2, 0) is 18.3 Å². The zero-order valence-electron chi connectivity index (χ0n) is 33.5.